The molecule has 1 unspecified atom stereocenters. The number of carbonyl (C=O) groups is 1. The summed E-state index contributed by atoms with van der Waals surface area (Å²) in [6.07, 6.45) is 3.73. The van der Waals surface area contributed by atoms with Crippen molar-refractivity contribution in [3.63, 3.8) is 0 Å². The van der Waals surface area contributed by atoms with Gasteiger partial charge in [-0.05, 0) is 32.0 Å². The molecule has 1 heterocycles. The molecule has 0 saturated heterocycles. The highest BCUT2D eigenvalue weighted by Crippen LogP contribution is 2.19. The van der Waals surface area contributed by atoms with Gasteiger partial charge in [-0.2, -0.15) is 5.10 Å². The summed E-state index contributed by atoms with van der Waals surface area (Å²) in [4.78, 5) is 11.6. The number of rotatable bonds is 3. The fraction of sp³-hybridized carbons (Fsp3) is 0.625. The fourth-order valence-electron chi connectivity index (χ4n) is 1.21. The summed E-state index contributed by atoms with van der Waals surface area (Å²) < 4.78 is 2.12. The van der Waals surface area contributed by atoms with Crippen molar-refractivity contribution in [1.82, 2.24) is 20.1 Å². The van der Waals surface area contributed by atoms with Crippen molar-refractivity contribution in [3.8, 4) is 0 Å². The minimum atomic E-state index is -0.290. The molecule has 2 N–H and O–H groups in total. The Morgan fingerprint density at radius 3 is 3.07 bits per heavy atom. The molecule has 1 aromatic heterocycles. The van der Waals surface area contributed by atoms with Crippen molar-refractivity contribution in [1.29, 1.82) is 0 Å². The lowest BCUT2D eigenvalue weighted by Gasteiger charge is -2.11. The molecule has 2 rings (SSSR count). The van der Waals surface area contributed by atoms with Crippen LogP contribution in [0, 0.1) is 4.77 Å². The summed E-state index contributed by atoms with van der Waals surface area (Å²) in [5, 5.41) is 9.32. The monoisotopic (exact) mass is 212 g/mol. The number of carbonyl (C=O) groups excluding carboxylic acids is 1. The van der Waals surface area contributed by atoms with Gasteiger partial charge < -0.3 is 5.32 Å². The van der Waals surface area contributed by atoms with Gasteiger partial charge in [0.2, 0.25) is 5.91 Å². The molecule has 1 fully saturated rings. The van der Waals surface area contributed by atoms with E-state index in [9.17, 15) is 4.79 Å². The predicted molar refractivity (Wildman–Crippen MR) is 53.3 cm³/mol. The second-order valence-electron chi connectivity index (χ2n) is 3.53. The molecule has 1 aromatic rings. The highest BCUT2D eigenvalue weighted by atomic mass is 32.1. The molecular weight excluding hydrogens is 200 g/mol. The Hall–Kier alpha value is -1.17. The summed E-state index contributed by atoms with van der Waals surface area (Å²) in [5.74, 6) is 0.00463. The van der Waals surface area contributed by atoms with E-state index >= 15 is 0 Å². The number of nitrogens with zero attached hydrogens (tertiary/aromatic N) is 2. The van der Waals surface area contributed by atoms with Crippen molar-refractivity contribution in [3.05, 3.63) is 11.1 Å². The lowest BCUT2D eigenvalue weighted by Crippen LogP contribution is -2.32. The molecule has 0 aliphatic heterocycles. The Bertz CT molecular complexity index is 392. The zero-order chi connectivity index (χ0) is 10.1. The van der Waals surface area contributed by atoms with Crippen molar-refractivity contribution < 1.29 is 4.79 Å². The second kappa shape index (κ2) is 3.53. The quantitative estimate of drug-likeness (QED) is 0.728. The van der Waals surface area contributed by atoms with Crippen LogP contribution in [0.5, 0.6) is 0 Å². The van der Waals surface area contributed by atoms with E-state index in [1.54, 1.807) is 10.9 Å². The lowest BCUT2D eigenvalue weighted by molar-refractivity contribution is -0.124. The van der Waals surface area contributed by atoms with Crippen molar-refractivity contribution in [2.24, 2.45) is 0 Å². The average molecular weight is 212 g/mol. The van der Waals surface area contributed by atoms with Crippen LogP contribution in [-0.4, -0.2) is 26.7 Å². The van der Waals surface area contributed by atoms with E-state index in [4.69, 9.17) is 12.2 Å². The van der Waals surface area contributed by atoms with E-state index in [1.807, 2.05) is 6.92 Å². The van der Waals surface area contributed by atoms with Gasteiger partial charge in [-0.15, -0.1) is 0 Å². The van der Waals surface area contributed by atoms with E-state index in [0.717, 1.165) is 12.8 Å². The maximum absolute atomic E-state index is 11.6. The summed E-state index contributed by atoms with van der Waals surface area (Å²) in [5.41, 5.74) is 0. The van der Waals surface area contributed by atoms with Gasteiger partial charge in [0.05, 0.1) is 0 Å². The number of amides is 1. The van der Waals surface area contributed by atoms with Crippen LogP contribution in [0.1, 0.15) is 25.8 Å². The second-order valence-corrected chi connectivity index (χ2v) is 3.91. The molecule has 0 bridgehead atoms. The molecular formula is C8H12N4OS. The van der Waals surface area contributed by atoms with Gasteiger partial charge in [0, 0.05) is 6.04 Å². The number of hydrogen-bond acceptors (Lipinski definition) is 3. The maximum atomic E-state index is 11.6. The van der Waals surface area contributed by atoms with Gasteiger partial charge in [-0.1, -0.05) is 0 Å². The molecule has 0 spiro atoms. The van der Waals surface area contributed by atoms with E-state index < -0.39 is 0 Å². The summed E-state index contributed by atoms with van der Waals surface area (Å²) >= 11 is 4.97. The van der Waals surface area contributed by atoms with Crippen LogP contribution in [0.25, 0.3) is 0 Å². The Balaban J connectivity index is 2.06. The third kappa shape index (κ3) is 1.84. The molecule has 1 saturated carbocycles. The standard InChI is InChI=1S/C8H12N4OS/c1-5(7(13)10-6-2-3-6)12-4-9-11-8(12)14/h4-6H,2-3H2,1H3,(H,10,13)(H,11,14). The highest BCUT2D eigenvalue weighted by Gasteiger charge is 2.26. The lowest BCUT2D eigenvalue weighted by atomic mass is 10.3. The third-order valence-electron chi connectivity index (χ3n) is 2.30. The summed E-state index contributed by atoms with van der Waals surface area (Å²) in [6, 6.07) is 0.0906. The molecule has 1 atom stereocenters. The Kier molecular flexibility index (Phi) is 2.37. The average Bonchev–Trinajstić information content (AvgIpc) is 2.86. The fourth-order valence-corrected chi connectivity index (χ4v) is 1.47. The first-order chi connectivity index (χ1) is 6.68. The highest BCUT2D eigenvalue weighted by molar-refractivity contribution is 7.71. The van der Waals surface area contributed by atoms with Crippen LogP contribution < -0.4 is 5.32 Å². The van der Waals surface area contributed by atoms with E-state index in [1.165, 1.54) is 0 Å². The molecule has 14 heavy (non-hydrogen) atoms. The smallest absolute Gasteiger partial charge is 0.243 e. The van der Waals surface area contributed by atoms with Gasteiger partial charge in [0.15, 0.2) is 4.77 Å². The number of aromatic amines is 1. The van der Waals surface area contributed by atoms with Gasteiger partial charge in [-0.25, -0.2) is 0 Å². The van der Waals surface area contributed by atoms with Crippen molar-refractivity contribution in [2.45, 2.75) is 31.8 Å². The molecule has 5 nitrogen and oxygen atoms in total. The zero-order valence-electron chi connectivity index (χ0n) is 7.86. The number of aromatic nitrogens is 3. The van der Waals surface area contributed by atoms with Gasteiger partial charge in [0.1, 0.15) is 12.4 Å². The Morgan fingerprint density at radius 2 is 2.57 bits per heavy atom. The van der Waals surface area contributed by atoms with Crippen LogP contribution in [0.15, 0.2) is 6.33 Å². The SMILES string of the molecule is CC(C(=O)NC1CC1)n1cn[nH]c1=S. The van der Waals surface area contributed by atoms with Gasteiger partial charge >= 0.3 is 0 Å². The third-order valence-corrected chi connectivity index (χ3v) is 2.60. The Morgan fingerprint density at radius 1 is 1.86 bits per heavy atom. The van der Waals surface area contributed by atoms with E-state index in [2.05, 4.69) is 15.5 Å². The normalized spacial score (nSPS) is 17.8. The number of nitrogens with one attached hydrogen (secondary N) is 2. The number of H-pyrrole nitrogens is 1. The first-order valence-electron chi connectivity index (χ1n) is 4.60. The molecule has 1 aliphatic carbocycles. The summed E-state index contributed by atoms with van der Waals surface area (Å²) in [6.45, 7) is 1.81. The van der Waals surface area contributed by atoms with Gasteiger partial charge in [0.25, 0.3) is 0 Å². The largest absolute Gasteiger partial charge is 0.352 e. The first-order valence-corrected chi connectivity index (χ1v) is 5.01. The molecule has 0 aromatic carbocycles. The maximum Gasteiger partial charge on any atom is 0.243 e. The first kappa shape index (κ1) is 9.39. The molecule has 76 valence electrons. The van der Waals surface area contributed by atoms with Crippen LogP contribution >= 0.6 is 12.2 Å². The van der Waals surface area contributed by atoms with Gasteiger partial charge in [-0.3, -0.25) is 14.5 Å². The minimum Gasteiger partial charge on any atom is -0.352 e. The molecule has 1 amide bonds. The van der Waals surface area contributed by atoms with Crippen LogP contribution in [0.4, 0.5) is 0 Å². The van der Waals surface area contributed by atoms with Crippen molar-refractivity contribution in [2.75, 3.05) is 0 Å². The number of hydrogen-bond donors (Lipinski definition) is 2. The molecule has 1 aliphatic rings. The van der Waals surface area contributed by atoms with Crippen molar-refractivity contribution >= 4 is 18.1 Å². The van der Waals surface area contributed by atoms with Crippen LogP contribution in [0.3, 0.4) is 0 Å². The van der Waals surface area contributed by atoms with E-state index in [0.29, 0.717) is 10.8 Å². The summed E-state index contributed by atoms with van der Waals surface area (Å²) in [7, 11) is 0. The predicted octanol–water partition coefficient (Wildman–Crippen LogP) is 0.780. The molecule has 0 radical (unpaired) electrons. The minimum absolute atomic E-state index is 0.00463. The molecule has 6 heteroatoms. The topological polar surface area (TPSA) is 62.7 Å². The zero-order valence-corrected chi connectivity index (χ0v) is 8.67. The van der Waals surface area contributed by atoms with E-state index in [-0.39, 0.29) is 11.9 Å². The van der Waals surface area contributed by atoms with Crippen LogP contribution in [-0.2, 0) is 4.79 Å². The van der Waals surface area contributed by atoms with Crippen LogP contribution in [0.2, 0.25) is 0 Å². The Labute approximate surface area is 86.5 Å².